The fraction of sp³-hybridized carbons (Fsp3) is 0.929. The first kappa shape index (κ1) is 15.4. The van der Waals surface area contributed by atoms with E-state index in [1.54, 1.807) is 0 Å². The number of carbonyl (C=O) groups is 1. The van der Waals surface area contributed by atoms with Gasteiger partial charge in [0.2, 0.25) is 5.91 Å². The molecule has 1 aliphatic carbocycles. The zero-order chi connectivity index (χ0) is 13.4. The molecule has 1 aliphatic rings. The van der Waals surface area contributed by atoms with Crippen molar-refractivity contribution in [3.8, 4) is 0 Å². The fourth-order valence-electron chi connectivity index (χ4n) is 2.89. The Morgan fingerprint density at radius 1 is 1.28 bits per heavy atom. The fourth-order valence-corrected chi connectivity index (χ4v) is 2.89. The van der Waals surface area contributed by atoms with E-state index in [0.29, 0.717) is 18.6 Å². The minimum absolute atomic E-state index is 0.195. The number of hydrogen-bond acceptors (Lipinski definition) is 3. The van der Waals surface area contributed by atoms with Gasteiger partial charge < -0.3 is 11.1 Å². The van der Waals surface area contributed by atoms with Crippen molar-refractivity contribution in [2.24, 2.45) is 5.73 Å². The highest BCUT2D eigenvalue weighted by molar-refractivity contribution is 5.75. The first-order valence-electron chi connectivity index (χ1n) is 7.43. The Kier molecular flexibility index (Phi) is 7.28. The molecule has 3 N–H and O–H groups in total. The van der Waals surface area contributed by atoms with Gasteiger partial charge in [-0.25, -0.2) is 0 Å². The molecule has 0 bridgehead atoms. The van der Waals surface area contributed by atoms with Crippen LogP contribution >= 0.6 is 0 Å². The van der Waals surface area contributed by atoms with Crippen molar-refractivity contribution in [3.05, 3.63) is 0 Å². The van der Waals surface area contributed by atoms with Crippen LogP contribution in [-0.4, -0.2) is 42.5 Å². The van der Waals surface area contributed by atoms with E-state index in [1.807, 2.05) is 0 Å². The van der Waals surface area contributed by atoms with Crippen molar-refractivity contribution in [2.45, 2.75) is 64.5 Å². The predicted molar refractivity (Wildman–Crippen MR) is 75.4 cm³/mol. The van der Waals surface area contributed by atoms with Gasteiger partial charge in [-0.05, 0) is 45.2 Å². The van der Waals surface area contributed by atoms with Crippen LogP contribution in [0.15, 0.2) is 0 Å². The summed E-state index contributed by atoms with van der Waals surface area (Å²) in [7, 11) is 0. The number of amides is 1. The summed E-state index contributed by atoms with van der Waals surface area (Å²) in [6.07, 6.45) is 7.14. The normalized spacial score (nSPS) is 24.4. The summed E-state index contributed by atoms with van der Waals surface area (Å²) in [5, 5.41) is 3.52. The van der Waals surface area contributed by atoms with E-state index in [9.17, 15) is 4.79 Å². The van der Waals surface area contributed by atoms with Crippen LogP contribution in [-0.2, 0) is 4.79 Å². The molecule has 0 unspecified atom stereocenters. The lowest BCUT2D eigenvalue weighted by molar-refractivity contribution is -0.119. The van der Waals surface area contributed by atoms with Gasteiger partial charge in [-0.1, -0.05) is 20.3 Å². The average Bonchev–Trinajstić information content (AvgIpc) is 2.35. The first-order valence-corrected chi connectivity index (χ1v) is 7.43. The number of hydrogen-bond donors (Lipinski definition) is 2. The van der Waals surface area contributed by atoms with Gasteiger partial charge in [-0.15, -0.1) is 0 Å². The van der Waals surface area contributed by atoms with E-state index >= 15 is 0 Å². The Hall–Kier alpha value is -0.610. The minimum Gasteiger partial charge on any atom is -0.369 e. The largest absolute Gasteiger partial charge is 0.369 e. The van der Waals surface area contributed by atoms with Crippen molar-refractivity contribution in [1.82, 2.24) is 10.2 Å². The van der Waals surface area contributed by atoms with Crippen LogP contribution in [0.3, 0.4) is 0 Å². The minimum atomic E-state index is -0.195. The van der Waals surface area contributed by atoms with Crippen molar-refractivity contribution >= 4 is 5.91 Å². The molecule has 1 rings (SSSR count). The van der Waals surface area contributed by atoms with Crippen LogP contribution in [0.1, 0.15) is 52.4 Å². The van der Waals surface area contributed by atoms with Gasteiger partial charge in [0.1, 0.15) is 0 Å². The van der Waals surface area contributed by atoms with E-state index in [2.05, 4.69) is 24.1 Å². The van der Waals surface area contributed by atoms with E-state index in [4.69, 9.17) is 5.73 Å². The van der Waals surface area contributed by atoms with Crippen molar-refractivity contribution in [3.63, 3.8) is 0 Å². The highest BCUT2D eigenvalue weighted by Crippen LogP contribution is 2.23. The second-order valence-electron chi connectivity index (χ2n) is 5.35. The quantitative estimate of drug-likeness (QED) is 0.691. The summed E-state index contributed by atoms with van der Waals surface area (Å²) in [5.74, 6) is -0.195. The summed E-state index contributed by atoms with van der Waals surface area (Å²) >= 11 is 0. The van der Waals surface area contributed by atoms with Crippen LogP contribution in [0.4, 0.5) is 0 Å². The molecule has 0 saturated heterocycles. The SMILES string of the molecule is CCCCN(CC(N)=O)C1CCC(NCC)CC1. The van der Waals surface area contributed by atoms with Gasteiger partial charge in [-0.3, -0.25) is 9.69 Å². The molecule has 1 saturated carbocycles. The Morgan fingerprint density at radius 3 is 2.44 bits per heavy atom. The molecular weight excluding hydrogens is 226 g/mol. The molecule has 1 fully saturated rings. The van der Waals surface area contributed by atoms with Gasteiger partial charge in [-0.2, -0.15) is 0 Å². The van der Waals surface area contributed by atoms with Crippen LogP contribution < -0.4 is 11.1 Å². The van der Waals surface area contributed by atoms with Crippen molar-refractivity contribution in [2.75, 3.05) is 19.6 Å². The van der Waals surface area contributed by atoms with E-state index < -0.39 is 0 Å². The molecule has 0 aromatic heterocycles. The topological polar surface area (TPSA) is 58.4 Å². The van der Waals surface area contributed by atoms with Gasteiger partial charge >= 0.3 is 0 Å². The molecule has 18 heavy (non-hydrogen) atoms. The van der Waals surface area contributed by atoms with E-state index in [-0.39, 0.29) is 5.91 Å². The van der Waals surface area contributed by atoms with Crippen LogP contribution in [0, 0.1) is 0 Å². The Morgan fingerprint density at radius 2 is 1.94 bits per heavy atom. The highest BCUT2D eigenvalue weighted by Gasteiger charge is 2.25. The summed E-state index contributed by atoms with van der Waals surface area (Å²) in [5.41, 5.74) is 5.35. The Labute approximate surface area is 111 Å². The maximum Gasteiger partial charge on any atom is 0.231 e. The lowest BCUT2D eigenvalue weighted by Crippen LogP contribution is -2.45. The maximum absolute atomic E-state index is 11.2. The molecule has 4 nitrogen and oxygen atoms in total. The molecule has 0 heterocycles. The van der Waals surface area contributed by atoms with Crippen LogP contribution in [0.5, 0.6) is 0 Å². The van der Waals surface area contributed by atoms with Gasteiger partial charge in [0.05, 0.1) is 6.54 Å². The van der Waals surface area contributed by atoms with Gasteiger partial charge in [0.15, 0.2) is 0 Å². The molecule has 0 radical (unpaired) electrons. The lowest BCUT2D eigenvalue weighted by atomic mass is 9.90. The molecule has 4 heteroatoms. The summed E-state index contributed by atoms with van der Waals surface area (Å²) in [6.45, 7) is 6.83. The van der Waals surface area contributed by atoms with Crippen LogP contribution in [0.2, 0.25) is 0 Å². The number of rotatable bonds is 8. The smallest absolute Gasteiger partial charge is 0.231 e. The molecule has 0 atom stereocenters. The monoisotopic (exact) mass is 255 g/mol. The Balaban J connectivity index is 2.40. The number of nitrogens with two attached hydrogens (primary N) is 1. The maximum atomic E-state index is 11.2. The number of nitrogens with zero attached hydrogens (tertiary/aromatic N) is 1. The highest BCUT2D eigenvalue weighted by atomic mass is 16.1. The standard InChI is InChI=1S/C14H29N3O/c1-3-5-10-17(11-14(15)18)13-8-6-12(7-9-13)16-4-2/h12-13,16H,3-11H2,1-2H3,(H2,15,18). The second kappa shape index (κ2) is 8.48. The second-order valence-corrected chi connectivity index (χ2v) is 5.35. The number of primary amides is 1. The predicted octanol–water partition coefficient (Wildman–Crippen LogP) is 1.49. The third-order valence-corrected chi connectivity index (χ3v) is 3.86. The van der Waals surface area contributed by atoms with E-state index in [1.165, 1.54) is 32.1 Å². The molecule has 106 valence electrons. The van der Waals surface area contributed by atoms with Gasteiger partial charge in [0, 0.05) is 12.1 Å². The Bertz CT molecular complexity index is 237. The number of unbranched alkanes of at least 4 members (excludes halogenated alkanes) is 1. The van der Waals surface area contributed by atoms with Gasteiger partial charge in [0.25, 0.3) is 0 Å². The third-order valence-electron chi connectivity index (χ3n) is 3.86. The molecule has 1 amide bonds. The summed E-state index contributed by atoms with van der Waals surface area (Å²) < 4.78 is 0. The van der Waals surface area contributed by atoms with Crippen LogP contribution in [0.25, 0.3) is 0 Å². The average molecular weight is 255 g/mol. The number of carbonyl (C=O) groups excluding carboxylic acids is 1. The molecule has 0 aliphatic heterocycles. The molecule has 0 aromatic carbocycles. The summed E-state index contributed by atoms with van der Waals surface area (Å²) in [6, 6.07) is 1.23. The van der Waals surface area contributed by atoms with Crippen molar-refractivity contribution < 1.29 is 4.79 Å². The molecular formula is C14H29N3O. The number of nitrogens with one attached hydrogen (secondary N) is 1. The summed E-state index contributed by atoms with van der Waals surface area (Å²) in [4.78, 5) is 13.5. The van der Waals surface area contributed by atoms with E-state index in [0.717, 1.165) is 19.5 Å². The first-order chi connectivity index (χ1) is 8.67. The molecule has 0 aromatic rings. The lowest BCUT2D eigenvalue weighted by Gasteiger charge is -2.36. The zero-order valence-corrected chi connectivity index (χ0v) is 12.0. The zero-order valence-electron chi connectivity index (χ0n) is 12.0. The third kappa shape index (κ3) is 5.36. The molecule has 0 spiro atoms. The van der Waals surface area contributed by atoms with Crippen molar-refractivity contribution in [1.29, 1.82) is 0 Å².